The van der Waals surface area contributed by atoms with Crippen LogP contribution in [-0.2, 0) is 6.54 Å². The van der Waals surface area contributed by atoms with E-state index in [2.05, 4.69) is 66.4 Å². The molecule has 2 nitrogen and oxygen atoms in total. The Hall–Kier alpha value is -1.44. The fourth-order valence-electron chi connectivity index (χ4n) is 5.13. The van der Waals surface area contributed by atoms with Gasteiger partial charge in [0.1, 0.15) is 6.17 Å². The lowest BCUT2D eigenvalue weighted by atomic mass is 10.1. The quantitative estimate of drug-likeness (QED) is 0.171. The molecular weight excluding hydrogens is 400 g/mol. The summed E-state index contributed by atoms with van der Waals surface area (Å²) < 4.78 is 0. The molecule has 0 amide bonds. The van der Waals surface area contributed by atoms with Gasteiger partial charge in [-0.1, -0.05) is 140 Å². The average Bonchev–Trinajstić information content (AvgIpc) is 3.21. The van der Waals surface area contributed by atoms with Gasteiger partial charge in [-0.05, 0) is 24.8 Å². The van der Waals surface area contributed by atoms with E-state index in [1.54, 1.807) is 0 Å². The van der Waals surface area contributed by atoms with Gasteiger partial charge >= 0.3 is 0 Å². The van der Waals surface area contributed by atoms with Gasteiger partial charge in [-0.3, -0.25) is 0 Å². The van der Waals surface area contributed by atoms with Crippen LogP contribution in [0.25, 0.3) is 0 Å². The SMILES string of the molecule is CCCCCCCCCCCCN1C=CN(Cc2ccccc2)C1CCCCCCCCC. The predicted octanol–water partition coefficient (Wildman–Crippen LogP) is 9.66. The molecule has 2 rings (SSSR count). The third kappa shape index (κ3) is 12.6. The second-order valence-corrected chi connectivity index (χ2v) is 10.3. The van der Waals surface area contributed by atoms with Crippen molar-refractivity contribution in [3.8, 4) is 0 Å². The second kappa shape index (κ2) is 18.9. The topological polar surface area (TPSA) is 6.48 Å². The van der Waals surface area contributed by atoms with E-state index in [1.807, 2.05) is 0 Å². The number of unbranched alkanes of at least 4 members (excludes halogenated alkanes) is 15. The largest absolute Gasteiger partial charge is 0.356 e. The summed E-state index contributed by atoms with van der Waals surface area (Å²) in [4.78, 5) is 5.23. The molecule has 2 heteroatoms. The Morgan fingerprint density at radius 1 is 0.545 bits per heavy atom. The minimum absolute atomic E-state index is 0.555. The molecule has 1 unspecified atom stereocenters. The highest BCUT2D eigenvalue weighted by Crippen LogP contribution is 2.25. The molecule has 0 N–H and O–H groups in total. The maximum Gasteiger partial charge on any atom is 0.101 e. The van der Waals surface area contributed by atoms with Crippen molar-refractivity contribution >= 4 is 0 Å². The van der Waals surface area contributed by atoms with E-state index in [4.69, 9.17) is 0 Å². The van der Waals surface area contributed by atoms with E-state index in [9.17, 15) is 0 Å². The summed E-state index contributed by atoms with van der Waals surface area (Å²) in [6.07, 6.45) is 30.5. The minimum Gasteiger partial charge on any atom is -0.356 e. The third-order valence-corrected chi connectivity index (χ3v) is 7.26. The molecule has 0 aromatic heterocycles. The lowest BCUT2D eigenvalue weighted by molar-refractivity contribution is 0.132. The summed E-state index contributed by atoms with van der Waals surface area (Å²) in [6, 6.07) is 11.0. The zero-order chi connectivity index (χ0) is 23.4. The highest BCUT2D eigenvalue weighted by atomic mass is 15.4. The first-order chi connectivity index (χ1) is 16.3. The monoisotopic (exact) mass is 454 g/mol. The standard InChI is InChI=1S/C31H54N2/c1-3-5-7-9-11-12-13-15-17-22-26-32-27-28-33(29-30-23-19-18-20-24-30)31(32)25-21-16-14-10-8-6-4-2/h18-20,23-24,27-28,31H,3-17,21-22,25-26,29H2,1-2H3. The van der Waals surface area contributed by atoms with Crippen LogP contribution < -0.4 is 0 Å². The molecule has 0 saturated heterocycles. The van der Waals surface area contributed by atoms with Crippen molar-refractivity contribution in [1.82, 2.24) is 9.80 Å². The molecule has 1 atom stereocenters. The van der Waals surface area contributed by atoms with E-state index in [0.29, 0.717) is 6.17 Å². The van der Waals surface area contributed by atoms with Crippen LogP contribution in [0.2, 0.25) is 0 Å². The number of benzene rings is 1. The van der Waals surface area contributed by atoms with Gasteiger partial charge in [0.2, 0.25) is 0 Å². The second-order valence-electron chi connectivity index (χ2n) is 10.3. The number of rotatable bonds is 21. The van der Waals surface area contributed by atoms with E-state index in [1.165, 1.54) is 128 Å². The molecule has 33 heavy (non-hydrogen) atoms. The molecule has 0 aliphatic carbocycles. The third-order valence-electron chi connectivity index (χ3n) is 7.26. The maximum atomic E-state index is 2.64. The summed E-state index contributed by atoms with van der Waals surface area (Å²) >= 11 is 0. The molecule has 0 fully saturated rings. The Bertz CT molecular complexity index is 582. The lowest BCUT2D eigenvalue weighted by Crippen LogP contribution is -2.38. The van der Waals surface area contributed by atoms with Gasteiger partial charge in [0.15, 0.2) is 0 Å². The summed E-state index contributed by atoms with van der Waals surface area (Å²) in [5.41, 5.74) is 1.42. The van der Waals surface area contributed by atoms with Crippen LogP contribution in [0.1, 0.15) is 135 Å². The van der Waals surface area contributed by atoms with Crippen LogP contribution in [0.4, 0.5) is 0 Å². The number of hydrogen-bond acceptors (Lipinski definition) is 2. The Kier molecular flexibility index (Phi) is 15.9. The number of nitrogens with zero attached hydrogens (tertiary/aromatic N) is 2. The maximum absolute atomic E-state index is 2.64. The highest BCUT2D eigenvalue weighted by molar-refractivity contribution is 5.15. The molecule has 0 radical (unpaired) electrons. The van der Waals surface area contributed by atoms with Gasteiger partial charge in [0, 0.05) is 25.5 Å². The lowest BCUT2D eigenvalue weighted by Gasteiger charge is -2.33. The fraction of sp³-hybridized carbons (Fsp3) is 0.742. The first-order valence-electron chi connectivity index (χ1n) is 14.6. The summed E-state index contributed by atoms with van der Waals surface area (Å²) in [7, 11) is 0. The van der Waals surface area contributed by atoms with Crippen molar-refractivity contribution < 1.29 is 0 Å². The van der Waals surface area contributed by atoms with Gasteiger partial charge < -0.3 is 9.80 Å². The van der Waals surface area contributed by atoms with Crippen molar-refractivity contribution in [3.63, 3.8) is 0 Å². The van der Waals surface area contributed by atoms with Crippen molar-refractivity contribution in [2.75, 3.05) is 6.54 Å². The summed E-state index contributed by atoms with van der Waals surface area (Å²) in [5.74, 6) is 0. The van der Waals surface area contributed by atoms with Crippen LogP contribution in [0.15, 0.2) is 42.7 Å². The average molecular weight is 455 g/mol. The van der Waals surface area contributed by atoms with Gasteiger partial charge in [0.25, 0.3) is 0 Å². The summed E-state index contributed by atoms with van der Waals surface area (Å²) in [5, 5.41) is 0. The van der Waals surface area contributed by atoms with Gasteiger partial charge in [-0.2, -0.15) is 0 Å². The molecule has 1 aliphatic heterocycles. The summed E-state index contributed by atoms with van der Waals surface area (Å²) in [6.45, 7) is 6.86. The van der Waals surface area contributed by atoms with Crippen molar-refractivity contribution in [2.45, 2.75) is 142 Å². The van der Waals surface area contributed by atoms with Crippen LogP contribution in [0.5, 0.6) is 0 Å². The van der Waals surface area contributed by atoms with Crippen molar-refractivity contribution in [2.24, 2.45) is 0 Å². The van der Waals surface area contributed by atoms with E-state index < -0.39 is 0 Å². The Balaban J connectivity index is 1.67. The zero-order valence-corrected chi connectivity index (χ0v) is 22.2. The normalized spacial score (nSPS) is 15.6. The van der Waals surface area contributed by atoms with Crippen LogP contribution in [0.3, 0.4) is 0 Å². The predicted molar refractivity (Wildman–Crippen MR) is 146 cm³/mol. The molecule has 188 valence electrons. The highest BCUT2D eigenvalue weighted by Gasteiger charge is 2.25. The van der Waals surface area contributed by atoms with Gasteiger partial charge in [-0.25, -0.2) is 0 Å². The minimum atomic E-state index is 0.555. The molecule has 1 aromatic carbocycles. The van der Waals surface area contributed by atoms with Gasteiger partial charge in [-0.15, -0.1) is 0 Å². The Morgan fingerprint density at radius 3 is 1.61 bits per heavy atom. The van der Waals surface area contributed by atoms with Gasteiger partial charge in [0.05, 0.1) is 0 Å². The van der Waals surface area contributed by atoms with Crippen molar-refractivity contribution in [1.29, 1.82) is 0 Å². The fourth-order valence-corrected chi connectivity index (χ4v) is 5.13. The molecule has 0 spiro atoms. The van der Waals surface area contributed by atoms with Crippen LogP contribution >= 0.6 is 0 Å². The first-order valence-corrected chi connectivity index (χ1v) is 14.6. The molecule has 1 aliphatic rings. The smallest absolute Gasteiger partial charge is 0.101 e. The van der Waals surface area contributed by atoms with E-state index in [0.717, 1.165) is 6.54 Å². The molecular formula is C31H54N2. The first kappa shape index (κ1) is 27.8. The number of hydrogen-bond donors (Lipinski definition) is 0. The molecule has 0 bridgehead atoms. The molecule has 0 saturated carbocycles. The molecule has 1 aromatic rings. The van der Waals surface area contributed by atoms with Crippen LogP contribution in [-0.4, -0.2) is 22.5 Å². The zero-order valence-electron chi connectivity index (χ0n) is 22.2. The van der Waals surface area contributed by atoms with E-state index >= 15 is 0 Å². The molecule has 1 heterocycles. The van der Waals surface area contributed by atoms with Crippen LogP contribution in [0, 0.1) is 0 Å². The Morgan fingerprint density at radius 2 is 1.03 bits per heavy atom. The Labute approximate surface area is 206 Å². The van der Waals surface area contributed by atoms with Crippen molar-refractivity contribution in [3.05, 3.63) is 48.3 Å². The van der Waals surface area contributed by atoms with E-state index in [-0.39, 0.29) is 0 Å².